The van der Waals surface area contributed by atoms with Crippen molar-refractivity contribution in [2.24, 2.45) is 0 Å². The molecule has 0 fully saturated rings. The van der Waals surface area contributed by atoms with Gasteiger partial charge in [-0.3, -0.25) is 4.79 Å². The lowest BCUT2D eigenvalue weighted by atomic mass is 10.1. The van der Waals surface area contributed by atoms with Gasteiger partial charge in [-0.2, -0.15) is 0 Å². The number of carboxylic acids is 1. The molecule has 0 amide bonds. The van der Waals surface area contributed by atoms with Crippen LogP contribution in [0.2, 0.25) is 0 Å². The Morgan fingerprint density at radius 3 is 2.81 bits per heavy atom. The number of rotatable bonds is 3. The Morgan fingerprint density at radius 2 is 2.25 bits per heavy atom. The van der Waals surface area contributed by atoms with Crippen molar-refractivity contribution in [2.45, 2.75) is 6.92 Å². The predicted octanol–water partition coefficient (Wildman–Crippen LogP) is 2.83. The standard InChI is InChI=1S/C11H8O4S/c1-6-5-16-10(11(13)14)9(6)8-3-2-7(4-12)15-8/h2-5H,1H3,(H,13,14). The fourth-order valence-electron chi connectivity index (χ4n) is 1.46. The third-order valence-corrected chi connectivity index (χ3v) is 3.24. The van der Waals surface area contributed by atoms with Crippen molar-refractivity contribution in [3.8, 4) is 11.3 Å². The van der Waals surface area contributed by atoms with Crippen LogP contribution in [-0.2, 0) is 0 Å². The first-order chi connectivity index (χ1) is 7.63. The summed E-state index contributed by atoms with van der Waals surface area (Å²) in [6.45, 7) is 1.81. The third-order valence-electron chi connectivity index (χ3n) is 2.16. The van der Waals surface area contributed by atoms with Crippen LogP contribution in [0.4, 0.5) is 0 Å². The second-order valence-corrected chi connectivity index (χ2v) is 4.13. The molecular weight excluding hydrogens is 228 g/mol. The van der Waals surface area contributed by atoms with Crippen LogP contribution in [0.15, 0.2) is 21.9 Å². The summed E-state index contributed by atoms with van der Waals surface area (Å²) in [5, 5.41) is 10.8. The Labute approximate surface area is 95.1 Å². The Kier molecular flexibility index (Phi) is 2.62. The van der Waals surface area contributed by atoms with E-state index in [9.17, 15) is 9.59 Å². The van der Waals surface area contributed by atoms with Gasteiger partial charge in [-0.15, -0.1) is 11.3 Å². The van der Waals surface area contributed by atoms with E-state index in [-0.39, 0.29) is 10.6 Å². The average Bonchev–Trinajstić information content (AvgIpc) is 2.83. The van der Waals surface area contributed by atoms with Crippen LogP contribution in [0, 0.1) is 6.92 Å². The maximum absolute atomic E-state index is 11.0. The van der Waals surface area contributed by atoms with Crippen LogP contribution < -0.4 is 0 Å². The van der Waals surface area contributed by atoms with Crippen molar-refractivity contribution in [3.63, 3.8) is 0 Å². The minimum atomic E-state index is -0.989. The van der Waals surface area contributed by atoms with Crippen LogP contribution >= 0.6 is 11.3 Å². The average molecular weight is 236 g/mol. The smallest absolute Gasteiger partial charge is 0.346 e. The molecule has 0 saturated heterocycles. The van der Waals surface area contributed by atoms with E-state index in [2.05, 4.69) is 0 Å². The second-order valence-electron chi connectivity index (χ2n) is 3.25. The van der Waals surface area contributed by atoms with Crippen LogP contribution in [0.1, 0.15) is 25.8 Å². The van der Waals surface area contributed by atoms with Crippen molar-refractivity contribution in [1.29, 1.82) is 0 Å². The number of aldehydes is 1. The van der Waals surface area contributed by atoms with Gasteiger partial charge in [0.2, 0.25) is 0 Å². The van der Waals surface area contributed by atoms with E-state index in [0.717, 1.165) is 16.9 Å². The SMILES string of the molecule is Cc1csc(C(=O)O)c1-c1ccc(C=O)o1. The molecule has 2 aromatic rings. The number of hydrogen-bond acceptors (Lipinski definition) is 4. The number of furan rings is 1. The van der Waals surface area contributed by atoms with Gasteiger partial charge in [-0.1, -0.05) is 0 Å². The van der Waals surface area contributed by atoms with Gasteiger partial charge in [0.15, 0.2) is 12.0 Å². The van der Waals surface area contributed by atoms with Gasteiger partial charge in [0, 0.05) is 5.56 Å². The van der Waals surface area contributed by atoms with Crippen LogP contribution in [-0.4, -0.2) is 17.4 Å². The minimum absolute atomic E-state index is 0.192. The zero-order chi connectivity index (χ0) is 11.7. The molecule has 0 saturated carbocycles. The molecule has 2 heterocycles. The lowest BCUT2D eigenvalue weighted by molar-refractivity contribution is 0.0702. The second kappa shape index (κ2) is 3.94. The Hall–Kier alpha value is -1.88. The molecule has 0 spiro atoms. The molecule has 2 aromatic heterocycles. The Balaban J connectivity index is 2.58. The van der Waals surface area contributed by atoms with Gasteiger partial charge in [-0.25, -0.2) is 4.79 Å². The predicted molar refractivity (Wildman–Crippen MR) is 59.1 cm³/mol. The van der Waals surface area contributed by atoms with Crippen LogP contribution in [0.5, 0.6) is 0 Å². The van der Waals surface area contributed by atoms with Gasteiger partial charge < -0.3 is 9.52 Å². The molecule has 16 heavy (non-hydrogen) atoms. The maximum Gasteiger partial charge on any atom is 0.346 e. The number of aromatic carboxylic acids is 1. The van der Waals surface area contributed by atoms with Crippen LogP contribution in [0.25, 0.3) is 11.3 Å². The van der Waals surface area contributed by atoms with Gasteiger partial charge in [-0.05, 0) is 30.0 Å². The topological polar surface area (TPSA) is 67.5 Å². The van der Waals surface area contributed by atoms with Crippen molar-refractivity contribution < 1.29 is 19.1 Å². The van der Waals surface area contributed by atoms with Crippen molar-refractivity contribution in [1.82, 2.24) is 0 Å². The monoisotopic (exact) mass is 236 g/mol. The van der Waals surface area contributed by atoms with Gasteiger partial charge in [0.05, 0.1) is 0 Å². The summed E-state index contributed by atoms with van der Waals surface area (Å²) in [5.41, 5.74) is 1.37. The van der Waals surface area contributed by atoms with E-state index >= 15 is 0 Å². The minimum Gasteiger partial charge on any atom is -0.477 e. The number of carboxylic acid groups (broad SMARTS) is 1. The highest BCUT2D eigenvalue weighted by molar-refractivity contribution is 7.12. The summed E-state index contributed by atoms with van der Waals surface area (Å²) < 4.78 is 5.22. The summed E-state index contributed by atoms with van der Waals surface area (Å²) in [4.78, 5) is 21.7. The molecule has 0 atom stereocenters. The van der Waals surface area contributed by atoms with Crippen molar-refractivity contribution in [3.05, 3.63) is 33.7 Å². The zero-order valence-corrected chi connectivity index (χ0v) is 9.21. The van der Waals surface area contributed by atoms with E-state index in [4.69, 9.17) is 9.52 Å². The molecule has 0 aliphatic heterocycles. The zero-order valence-electron chi connectivity index (χ0n) is 8.39. The van der Waals surface area contributed by atoms with E-state index in [1.165, 1.54) is 6.07 Å². The molecule has 0 radical (unpaired) electrons. The molecule has 2 rings (SSSR count). The van der Waals surface area contributed by atoms with Crippen molar-refractivity contribution in [2.75, 3.05) is 0 Å². The number of carbonyl (C=O) groups excluding carboxylic acids is 1. The van der Waals surface area contributed by atoms with E-state index in [1.54, 1.807) is 18.4 Å². The summed E-state index contributed by atoms with van der Waals surface area (Å²) in [6.07, 6.45) is 0.589. The van der Waals surface area contributed by atoms with Crippen molar-refractivity contribution >= 4 is 23.6 Å². The van der Waals surface area contributed by atoms with Gasteiger partial charge in [0.1, 0.15) is 10.6 Å². The number of hydrogen-bond donors (Lipinski definition) is 1. The molecule has 0 aromatic carbocycles. The molecule has 1 N–H and O–H groups in total. The summed E-state index contributed by atoms with van der Waals surface area (Å²) in [5.74, 6) is -0.382. The summed E-state index contributed by atoms with van der Waals surface area (Å²) in [7, 11) is 0. The highest BCUT2D eigenvalue weighted by Crippen LogP contribution is 2.33. The first-order valence-corrected chi connectivity index (χ1v) is 5.38. The summed E-state index contributed by atoms with van der Waals surface area (Å²) >= 11 is 1.15. The quantitative estimate of drug-likeness (QED) is 0.832. The molecule has 5 heteroatoms. The number of carbonyl (C=O) groups is 2. The number of aryl methyl sites for hydroxylation is 1. The summed E-state index contributed by atoms with van der Waals surface area (Å²) in [6, 6.07) is 3.12. The van der Waals surface area contributed by atoms with Gasteiger partial charge in [0.25, 0.3) is 0 Å². The molecule has 82 valence electrons. The molecule has 0 aliphatic rings. The Bertz CT molecular complexity index is 550. The lowest BCUT2D eigenvalue weighted by Gasteiger charge is -1.97. The first-order valence-electron chi connectivity index (χ1n) is 4.50. The molecule has 4 nitrogen and oxygen atoms in total. The lowest BCUT2D eigenvalue weighted by Crippen LogP contribution is -1.94. The normalized spacial score (nSPS) is 10.3. The Morgan fingerprint density at radius 1 is 1.50 bits per heavy atom. The largest absolute Gasteiger partial charge is 0.477 e. The molecule has 0 aliphatic carbocycles. The van der Waals surface area contributed by atoms with E-state index in [0.29, 0.717) is 17.6 Å². The fraction of sp³-hybridized carbons (Fsp3) is 0.0909. The first kappa shape index (κ1) is 10.6. The van der Waals surface area contributed by atoms with E-state index in [1.807, 2.05) is 0 Å². The highest BCUT2D eigenvalue weighted by atomic mass is 32.1. The molecule has 0 bridgehead atoms. The van der Waals surface area contributed by atoms with E-state index < -0.39 is 5.97 Å². The molecular formula is C11H8O4S. The van der Waals surface area contributed by atoms with Gasteiger partial charge >= 0.3 is 5.97 Å². The molecule has 0 unspecified atom stereocenters. The van der Waals surface area contributed by atoms with Crippen LogP contribution in [0.3, 0.4) is 0 Å². The number of thiophene rings is 1. The third kappa shape index (κ3) is 1.65. The maximum atomic E-state index is 11.0. The fourth-order valence-corrected chi connectivity index (χ4v) is 2.35. The highest BCUT2D eigenvalue weighted by Gasteiger charge is 2.19.